The molecule has 1 heterocycles. The highest BCUT2D eigenvalue weighted by Gasteiger charge is 2.17. The maximum Gasteiger partial charge on any atom is 0.269 e. The van der Waals surface area contributed by atoms with Crippen molar-refractivity contribution in [2.24, 2.45) is 0 Å². The van der Waals surface area contributed by atoms with Crippen molar-refractivity contribution < 1.29 is 10.0 Å². The summed E-state index contributed by atoms with van der Waals surface area (Å²) in [6.45, 7) is 4.25. The SMILES string of the molecule is CN1CCN(c2ccc(/C(=C(/CCCO)Cc3ccccc3)c3ccc([N+](=O)[O-])cc3)cc2)CC1. The minimum Gasteiger partial charge on any atom is -0.396 e. The van der Waals surface area contributed by atoms with Gasteiger partial charge in [-0.3, -0.25) is 10.1 Å². The van der Waals surface area contributed by atoms with E-state index in [1.165, 1.54) is 16.8 Å². The third-order valence-electron chi connectivity index (χ3n) is 6.64. The molecule has 1 fully saturated rings. The number of anilines is 1. The van der Waals surface area contributed by atoms with E-state index >= 15 is 0 Å². The van der Waals surface area contributed by atoms with Crippen molar-refractivity contribution in [2.75, 3.05) is 44.7 Å². The Kier molecular flexibility index (Phi) is 8.29. The second-order valence-corrected chi connectivity index (χ2v) is 9.11. The summed E-state index contributed by atoms with van der Waals surface area (Å²) >= 11 is 0. The summed E-state index contributed by atoms with van der Waals surface area (Å²) in [4.78, 5) is 15.6. The Balaban J connectivity index is 1.75. The lowest BCUT2D eigenvalue weighted by molar-refractivity contribution is -0.384. The van der Waals surface area contributed by atoms with E-state index in [1.54, 1.807) is 12.1 Å². The highest BCUT2D eigenvalue weighted by atomic mass is 16.6. The number of hydrogen-bond donors (Lipinski definition) is 1. The highest BCUT2D eigenvalue weighted by molar-refractivity contribution is 5.83. The molecule has 182 valence electrons. The molecule has 0 amide bonds. The first-order valence-corrected chi connectivity index (χ1v) is 12.2. The average Bonchev–Trinajstić information content (AvgIpc) is 2.89. The first-order valence-electron chi connectivity index (χ1n) is 12.2. The van der Waals surface area contributed by atoms with Gasteiger partial charge in [0, 0.05) is 50.6 Å². The standard InChI is InChI=1S/C29H33N3O3/c1-30-17-19-31(20-18-30)27-13-9-24(10-14-27)29(25-11-15-28(16-12-25)32(34)35)26(8-5-21-33)22-23-6-3-2-4-7-23/h2-4,6-7,9-16,33H,5,8,17-22H2,1H3/b29-26+. The molecule has 1 N–H and O–H groups in total. The molecule has 6 heteroatoms. The number of nitro groups is 1. The smallest absolute Gasteiger partial charge is 0.269 e. The van der Waals surface area contributed by atoms with E-state index in [4.69, 9.17) is 0 Å². The number of piperazine rings is 1. The van der Waals surface area contributed by atoms with Gasteiger partial charge in [0.05, 0.1) is 4.92 Å². The molecule has 3 aromatic carbocycles. The van der Waals surface area contributed by atoms with E-state index in [0.29, 0.717) is 6.42 Å². The van der Waals surface area contributed by atoms with Crippen molar-refractivity contribution in [2.45, 2.75) is 19.3 Å². The van der Waals surface area contributed by atoms with E-state index < -0.39 is 0 Å². The molecule has 1 aliphatic heterocycles. The number of likely N-dealkylation sites (N-methyl/N-ethyl adjacent to an activating group) is 1. The second-order valence-electron chi connectivity index (χ2n) is 9.11. The molecule has 0 spiro atoms. The van der Waals surface area contributed by atoms with Gasteiger partial charge in [0.1, 0.15) is 0 Å². The van der Waals surface area contributed by atoms with E-state index in [9.17, 15) is 15.2 Å². The number of nitro benzene ring substituents is 1. The molecule has 0 unspecified atom stereocenters. The van der Waals surface area contributed by atoms with Crippen LogP contribution in [0.15, 0.2) is 84.4 Å². The average molecular weight is 472 g/mol. The summed E-state index contributed by atoms with van der Waals surface area (Å²) in [6.07, 6.45) is 2.17. The quantitative estimate of drug-likeness (QED) is 0.345. The number of hydrogen-bond acceptors (Lipinski definition) is 5. The topological polar surface area (TPSA) is 69.8 Å². The zero-order valence-corrected chi connectivity index (χ0v) is 20.3. The second kappa shape index (κ2) is 11.8. The van der Waals surface area contributed by atoms with Crippen molar-refractivity contribution in [3.8, 4) is 0 Å². The normalized spacial score (nSPS) is 15.1. The molecule has 35 heavy (non-hydrogen) atoms. The third-order valence-corrected chi connectivity index (χ3v) is 6.64. The molecule has 0 bridgehead atoms. The molecule has 6 nitrogen and oxygen atoms in total. The molecule has 1 aliphatic rings. The van der Waals surface area contributed by atoms with Crippen LogP contribution in [0.4, 0.5) is 11.4 Å². The summed E-state index contributed by atoms with van der Waals surface area (Å²) < 4.78 is 0. The van der Waals surface area contributed by atoms with Gasteiger partial charge in [-0.05, 0) is 72.8 Å². The Morgan fingerprint density at radius 1 is 0.886 bits per heavy atom. The van der Waals surface area contributed by atoms with E-state index in [0.717, 1.165) is 55.7 Å². The van der Waals surface area contributed by atoms with Crippen molar-refractivity contribution in [1.29, 1.82) is 0 Å². The van der Waals surface area contributed by atoms with Gasteiger partial charge < -0.3 is 14.9 Å². The Morgan fingerprint density at radius 2 is 1.49 bits per heavy atom. The van der Waals surface area contributed by atoms with Crippen molar-refractivity contribution in [3.05, 3.63) is 111 Å². The van der Waals surface area contributed by atoms with Gasteiger partial charge >= 0.3 is 0 Å². The monoisotopic (exact) mass is 471 g/mol. The van der Waals surface area contributed by atoms with Crippen LogP contribution in [0.5, 0.6) is 0 Å². The summed E-state index contributed by atoms with van der Waals surface area (Å²) in [5.74, 6) is 0. The molecule has 0 aromatic heterocycles. The Labute approximate surface area is 207 Å². The van der Waals surface area contributed by atoms with Crippen molar-refractivity contribution in [3.63, 3.8) is 0 Å². The lowest BCUT2D eigenvalue weighted by Gasteiger charge is -2.34. The van der Waals surface area contributed by atoms with Gasteiger partial charge in [0.15, 0.2) is 0 Å². The number of rotatable bonds is 9. The Hall–Kier alpha value is -3.48. The predicted molar refractivity (Wildman–Crippen MR) is 142 cm³/mol. The van der Waals surface area contributed by atoms with Gasteiger partial charge in [-0.2, -0.15) is 0 Å². The summed E-state index contributed by atoms with van der Waals surface area (Å²) in [5, 5.41) is 20.8. The molecule has 3 aromatic rings. The maximum absolute atomic E-state index is 11.2. The van der Waals surface area contributed by atoms with E-state index in [1.807, 2.05) is 30.3 Å². The van der Waals surface area contributed by atoms with Crippen LogP contribution >= 0.6 is 0 Å². The molecule has 0 aliphatic carbocycles. The van der Waals surface area contributed by atoms with Gasteiger partial charge in [-0.25, -0.2) is 0 Å². The molecular formula is C29H33N3O3. The maximum atomic E-state index is 11.2. The molecule has 1 saturated heterocycles. The predicted octanol–water partition coefficient (Wildman–Crippen LogP) is 5.16. The number of allylic oxidation sites excluding steroid dienone is 1. The number of nitrogens with zero attached hydrogens (tertiary/aromatic N) is 3. The zero-order chi connectivity index (χ0) is 24.6. The van der Waals surface area contributed by atoms with Crippen LogP contribution < -0.4 is 4.90 Å². The van der Waals surface area contributed by atoms with Crippen LogP contribution in [0.1, 0.15) is 29.5 Å². The zero-order valence-electron chi connectivity index (χ0n) is 20.3. The largest absolute Gasteiger partial charge is 0.396 e. The first-order chi connectivity index (χ1) is 17.0. The molecule has 4 rings (SSSR count). The third kappa shape index (κ3) is 6.35. The Morgan fingerprint density at radius 3 is 2.06 bits per heavy atom. The van der Waals surface area contributed by atoms with Gasteiger partial charge in [-0.15, -0.1) is 0 Å². The number of non-ortho nitro benzene ring substituents is 1. The fourth-order valence-electron chi connectivity index (χ4n) is 4.66. The highest BCUT2D eigenvalue weighted by Crippen LogP contribution is 2.33. The number of aliphatic hydroxyl groups excluding tert-OH is 1. The summed E-state index contributed by atoms with van der Waals surface area (Å²) in [5.41, 5.74) is 6.83. The molecule has 0 saturated carbocycles. The summed E-state index contributed by atoms with van der Waals surface area (Å²) in [7, 11) is 2.16. The molecule has 0 atom stereocenters. The fraction of sp³-hybridized carbons (Fsp3) is 0.310. The van der Waals surface area contributed by atoms with E-state index in [-0.39, 0.29) is 17.2 Å². The van der Waals surface area contributed by atoms with Crippen LogP contribution in [0, 0.1) is 10.1 Å². The van der Waals surface area contributed by atoms with E-state index in [2.05, 4.69) is 53.2 Å². The first kappa shape index (κ1) is 24.6. The van der Waals surface area contributed by atoms with Gasteiger partial charge in [0.2, 0.25) is 0 Å². The lowest BCUT2D eigenvalue weighted by atomic mass is 9.87. The van der Waals surface area contributed by atoms with Crippen LogP contribution in [0.3, 0.4) is 0 Å². The van der Waals surface area contributed by atoms with Crippen LogP contribution in [0.2, 0.25) is 0 Å². The summed E-state index contributed by atoms with van der Waals surface area (Å²) in [6, 6.07) is 25.8. The molecular weight excluding hydrogens is 438 g/mol. The fourth-order valence-corrected chi connectivity index (χ4v) is 4.66. The van der Waals surface area contributed by atoms with Crippen LogP contribution in [-0.2, 0) is 6.42 Å². The molecule has 0 radical (unpaired) electrons. The van der Waals surface area contributed by atoms with Crippen molar-refractivity contribution in [1.82, 2.24) is 4.90 Å². The number of aliphatic hydroxyl groups is 1. The minimum absolute atomic E-state index is 0.0819. The van der Waals surface area contributed by atoms with Crippen LogP contribution in [0.25, 0.3) is 5.57 Å². The van der Waals surface area contributed by atoms with Gasteiger partial charge in [0.25, 0.3) is 5.69 Å². The van der Waals surface area contributed by atoms with Gasteiger partial charge in [-0.1, -0.05) is 48.0 Å². The van der Waals surface area contributed by atoms with Crippen molar-refractivity contribution >= 4 is 16.9 Å². The van der Waals surface area contributed by atoms with Crippen LogP contribution in [-0.4, -0.2) is 54.8 Å². The number of benzene rings is 3. The minimum atomic E-state index is -0.366. The lowest BCUT2D eigenvalue weighted by Crippen LogP contribution is -2.44. The Bertz CT molecular complexity index is 1130.